The van der Waals surface area contributed by atoms with Crippen molar-refractivity contribution in [3.05, 3.63) is 241 Å². The average molecular weight is 789 g/mol. The van der Waals surface area contributed by atoms with Crippen molar-refractivity contribution in [1.29, 1.82) is 0 Å². The fourth-order valence-corrected chi connectivity index (χ4v) is 10.4. The Morgan fingerprint density at radius 1 is 0.290 bits per heavy atom. The van der Waals surface area contributed by atoms with Crippen molar-refractivity contribution in [3.8, 4) is 73.2 Å². The molecule has 0 atom stereocenters. The lowest BCUT2D eigenvalue weighted by Crippen LogP contribution is -2.25. The lowest BCUT2D eigenvalue weighted by atomic mass is 9.70. The third kappa shape index (κ3) is 4.98. The molecule has 0 fully saturated rings. The molecule has 4 nitrogen and oxygen atoms in total. The van der Waals surface area contributed by atoms with Crippen LogP contribution in [0.4, 0.5) is 0 Å². The van der Waals surface area contributed by atoms with Gasteiger partial charge < -0.3 is 4.57 Å². The summed E-state index contributed by atoms with van der Waals surface area (Å²) in [5.41, 5.74) is 18.7. The van der Waals surface area contributed by atoms with E-state index in [1.54, 1.807) is 0 Å². The topological polar surface area (TPSA) is 43.6 Å². The second-order valence-corrected chi connectivity index (χ2v) is 16.3. The lowest BCUT2D eigenvalue weighted by Gasteiger charge is -2.30. The number of rotatable bonds is 5. The summed E-state index contributed by atoms with van der Waals surface area (Å²) >= 11 is 0. The molecule has 0 saturated heterocycles. The Hall–Kier alpha value is -8.21. The molecule has 2 aromatic heterocycles. The molecule has 4 heteroatoms. The first-order valence-electron chi connectivity index (χ1n) is 21.2. The zero-order chi connectivity index (χ0) is 40.8. The standard InChI is InChI=1S/C58H36N4/c1-3-17-37(18-4-1)55-59-56(38-19-5-2-6-20-38)61-57(60-55)41-23-15-21-39(33-41)40-22-16-24-42(34-40)62-53-32-14-10-28-46(53)48-35-47-45-27-9-13-31-51(45)58(52(47)36-54(48)62)49-29-11-7-25-43(49)44-26-8-12-30-50(44)58/h1-36H. The van der Waals surface area contributed by atoms with E-state index in [0.717, 1.165) is 33.5 Å². The largest absolute Gasteiger partial charge is 0.309 e. The molecule has 0 saturated carbocycles. The van der Waals surface area contributed by atoms with E-state index >= 15 is 0 Å². The van der Waals surface area contributed by atoms with Crippen molar-refractivity contribution < 1.29 is 0 Å². The van der Waals surface area contributed by atoms with Gasteiger partial charge in [-0.05, 0) is 92.0 Å². The van der Waals surface area contributed by atoms with Crippen LogP contribution in [0.3, 0.4) is 0 Å². The minimum atomic E-state index is -0.424. The summed E-state index contributed by atoms with van der Waals surface area (Å²) in [6.45, 7) is 0. The molecule has 62 heavy (non-hydrogen) atoms. The molecule has 9 aromatic carbocycles. The fraction of sp³-hybridized carbons (Fsp3) is 0.0172. The van der Waals surface area contributed by atoms with Crippen LogP contribution in [0.1, 0.15) is 22.3 Å². The summed E-state index contributed by atoms with van der Waals surface area (Å²) in [6.07, 6.45) is 0. The Balaban J connectivity index is 0.992. The van der Waals surface area contributed by atoms with Crippen LogP contribution in [0.2, 0.25) is 0 Å². The molecule has 0 unspecified atom stereocenters. The monoisotopic (exact) mass is 788 g/mol. The quantitative estimate of drug-likeness (QED) is 0.174. The van der Waals surface area contributed by atoms with E-state index in [9.17, 15) is 0 Å². The van der Waals surface area contributed by atoms with Gasteiger partial charge in [0.05, 0.1) is 16.4 Å². The highest BCUT2D eigenvalue weighted by molar-refractivity contribution is 6.12. The highest BCUT2D eigenvalue weighted by atomic mass is 15.0. The number of fused-ring (bicyclic) bond motifs is 13. The van der Waals surface area contributed by atoms with E-state index in [1.165, 1.54) is 66.3 Å². The van der Waals surface area contributed by atoms with Crippen molar-refractivity contribution in [3.63, 3.8) is 0 Å². The van der Waals surface area contributed by atoms with Gasteiger partial charge in [-0.1, -0.05) is 182 Å². The Morgan fingerprint density at radius 2 is 0.758 bits per heavy atom. The third-order valence-corrected chi connectivity index (χ3v) is 13.0. The number of para-hydroxylation sites is 1. The molecule has 288 valence electrons. The minimum absolute atomic E-state index is 0.424. The molecule has 0 N–H and O–H groups in total. The van der Waals surface area contributed by atoms with Crippen LogP contribution in [0, 0.1) is 0 Å². The Labute approximate surface area is 359 Å². The van der Waals surface area contributed by atoms with Gasteiger partial charge in [-0.15, -0.1) is 0 Å². The van der Waals surface area contributed by atoms with E-state index in [2.05, 4.69) is 162 Å². The third-order valence-electron chi connectivity index (χ3n) is 13.0. The molecular weight excluding hydrogens is 753 g/mol. The Kier molecular flexibility index (Phi) is 7.49. The zero-order valence-electron chi connectivity index (χ0n) is 33.6. The molecule has 13 rings (SSSR count). The van der Waals surface area contributed by atoms with Crippen LogP contribution in [0.5, 0.6) is 0 Å². The van der Waals surface area contributed by atoms with Gasteiger partial charge in [-0.2, -0.15) is 0 Å². The summed E-state index contributed by atoms with van der Waals surface area (Å²) in [5, 5.41) is 2.48. The maximum Gasteiger partial charge on any atom is 0.164 e. The van der Waals surface area contributed by atoms with E-state index < -0.39 is 5.41 Å². The van der Waals surface area contributed by atoms with E-state index in [-0.39, 0.29) is 0 Å². The smallest absolute Gasteiger partial charge is 0.164 e. The van der Waals surface area contributed by atoms with Crippen LogP contribution >= 0.6 is 0 Å². The van der Waals surface area contributed by atoms with Gasteiger partial charge in [-0.3, -0.25) is 0 Å². The normalized spacial score (nSPS) is 13.0. The summed E-state index contributed by atoms with van der Waals surface area (Å²) in [5.74, 6) is 1.93. The number of benzene rings is 9. The molecule has 0 bridgehead atoms. The molecule has 2 aliphatic carbocycles. The maximum atomic E-state index is 5.04. The second kappa shape index (κ2) is 13.4. The number of nitrogens with zero attached hydrogens (tertiary/aromatic N) is 4. The zero-order valence-corrected chi connectivity index (χ0v) is 33.6. The highest BCUT2D eigenvalue weighted by Gasteiger charge is 2.51. The highest BCUT2D eigenvalue weighted by Crippen LogP contribution is 2.63. The Bertz CT molecular complexity index is 3480. The first-order chi connectivity index (χ1) is 30.7. The van der Waals surface area contributed by atoms with E-state index in [4.69, 9.17) is 15.0 Å². The van der Waals surface area contributed by atoms with Crippen molar-refractivity contribution >= 4 is 21.8 Å². The summed E-state index contributed by atoms with van der Waals surface area (Å²) in [6, 6.07) is 78.7. The molecule has 0 aliphatic heterocycles. The molecular formula is C58H36N4. The van der Waals surface area contributed by atoms with Crippen LogP contribution in [0.15, 0.2) is 218 Å². The van der Waals surface area contributed by atoms with Crippen molar-refractivity contribution in [1.82, 2.24) is 19.5 Å². The fourth-order valence-electron chi connectivity index (χ4n) is 10.4. The van der Waals surface area contributed by atoms with Gasteiger partial charge in [0.1, 0.15) is 0 Å². The molecule has 1 spiro atoms. The van der Waals surface area contributed by atoms with Crippen LogP contribution in [0.25, 0.3) is 95.0 Å². The van der Waals surface area contributed by atoms with Gasteiger partial charge >= 0.3 is 0 Å². The Morgan fingerprint density at radius 3 is 1.39 bits per heavy atom. The van der Waals surface area contributed by atoms with E-state index in [1.807, 2.05) is 60.7 Å². The van der Waals surface area contributed by atoms with Gasteiger partial charge in [0, 0.05) is 33.2 Å². The van der Waals surface area contributed by atoms with Crippen LogP contribution < -0.4 is 0 Å². The van der Waals surface area contributed by atoms with Gasteiger partial charge in [0.15, 0.2) is 17.5 Å². The van der Waals surface area contributed by atoms with Crippen LogP contribution in [-0.2, 0) is 5.41 Å². The van der Waals surface area contributed by atoms with E-state index in [0.29, 0.717) is 17.5 Å². The van der Waals surface area contributed by atoms with Crippen molar-refractivity contribution in [2.75, 3.05) is 0 Å². The predicted molar refractivity (Wildman–Crippen MR) is 252 cm³/mol. The van der Waals surface area contributed by atoms with Crippen molar-refractivity contribution in [2.45, 2.75) is 5.41 Å². The minimum Gasteiger partial charge on any atom is -0.309 e. The molecule has 2 aliphatic rings. The van der Waals surface area contributed by atoms with Gasteiger partial charge in [0.2, 0.25) is 0 Å². The molecule has 0 amide bonds. The van der Waals surface area contributed by atoms with Crippen LogP contribution in [-0.4, -0.2) is 19.5 Å². The predicted octanol–water partition coefficient (Wildman–Crippen LogP) is 14.0. The molecule has 11 aromatic rings. The lowest BCUT2D eigenvalue weighted by molar-refractivity contribution is 0.794. The summed E-state index contributed by atoms with van der Waals surface area (Å²) in [4.78, 5) is 15.0. The van der Waals surface area contributed by atoms with Gasteiger partial charge in [-0.25, -0.2) is 15.0 Å². The summed E-state index contributed by atoms with van der Waals surface area (Å²) in [7, 11) is 0. The number of hydrogen-bond acceptors (Lipinski definition) is 3. The second-order valence-electron chi connectivity index (χ2n) is 16.3. The van der Waals surface area contributed by atoms with Gasteiger partial charge in [0.25, 0.3) is 0 Å². The molecule has 2 heterocycles. The SMILES string of the molecule is c1ccc(-c2nc(-c3ccccc3)nc(-c3cccc(-c4cccc(-n5c6ccccc6c6cc7c(cc65)C5(c6ccccc6-c6ccccc65)c5ccccc5-7)c4)c3)n2)cc1. The molecule has 0 radical (unpaired) electrons. The first-order valence-corrected chi connectivity index (χ1v) is 21.2. The average Bonchev–Trinajstić information content (AvgIpc) is 3.95. The van der Waals surface area contributed by atoms with Crippen molar-refractivity contribution in [2.24, 2.45) is 0 Å². The summed E-state index contributed by atoms with van der Waals surface area (Å²) < 4.78 is 2.46. The maximum absolute atomic E-state index is 5.04. The first kappa shape index (κ1) is 34.6. The number of aromatic nitrogens is 4. The number of hydrogen-bond donors (Lipinski definition) is 0.